The predicted molar refractivity (Wildman–Crippen MR) is 90.3 cm³/mol. The molecule has 0 unspecified atom stereocenters. The van der Waals surface area contributed by atoms with E-state index in [1.54, 1.807) is 6.92 Å². The summed E-state index contributed by atoms with van der Waals surface area (Å²) in [6.07, 6.45) is -0.426. The third-order valence-electron chi connectivity index (χ3n) is 3.11. The van der Waals surface area contributed by atoms with Crippen LogP contribution in [0.2, 0.25) is 0 Å². The molecular formula is C17H19BrOS. The Morgan fingerprint density at radius 2 is 1.75 bits per heavy atom. The van der Waals surface area contributed by atoms with Crippen LogP contribution in [-0.2, 0) is 5.75 Å². The zero-order valence-electron chi connectivity index (χ0n) is 12.0. The van der Waals surface area contributed by atoms with Gasteiger partial charge in [-0.2, -0.15) is 0 Å². The summed E-state index contributed by atoms with van der Waals surface area (Å²) in [5, 5.41) is 9.58. The minimum atomic E-state index is -0.426. The van der Waals surface area contributed by atoms with Crippen LogP contribution in [0, 0.1) is 13.8 Å². The van der Waals surface area contributed by atoms with Crippen molar-refractivity contribution in [2.45, 2.75) is 37.5 Å². The van der Waals surface area contributed by atoms with Crippen LogP contribution in [0.1, 0.15) is 35.3 Å². The van der Waals surface area contributed by atoms with Crippen LogP contribution >= 0.6 is 27.7 Å². The quantitative estimate of drug-likeness (QED) is 0.743. The topological polar surface area (TPSA) is 20.2 Å². The second-order valence-electron chi connectivity index (χ2n) is 5.15. The number of aliphatic hydroxyl groups excluding tert-OH is 1. The Morgan fingerprint density at radius 3 is 2.30 bits per heavy atom. The van der Waals surface area contributed by atoms with Crippen molar-refractivity contribution in [1.29, 1.82) is 0 Å². The molecule has 0 amide bonds. The van der Waals surface area contributed by atoms with E-state index in [0.717, 1.165) is 15.8 Å². The van der Waals surface area contributed by atoms with Gasteiger partial charge < -0.3 is 5.11 Å². The summed E-state index contributed by atoms with van der Waals surface area (Å²) in [5.41, 5.74) is 4.90. The molecule has 1 atom stereocenters. The molecule has 0 aliphatic heterocycles. The van der Waals surface area contributed by atoms with Crippen molar-refractivity contribution >= 4 is 27.7 Å². The Labute approximate surface area is 133 Å². The fourth-order valence-corrected chi connectivity index (χ4v) is 3.80. The van der Waals surface area contributed by atoms with Crippen LogP contribution in [0.25, 0.3) is 0 Å². The van der Waals surface area contributed by atoms with Crippen LogP contribution in [0.5, 0.6) is 0 Å². The smallest absolute Gasteiger partial charge is 0.0762 e. The predicted octanol–water partition coefficient (Wildman–Crippen LogP) is 5.41. The van der Waals surface area contributed by atoms with Crippen molar-refractivity contribution in [2.24, 2.45) is 0 Å². The molecule has 1 nitrogen and oxygen atoms in total. The van der Waals surface area contributed by atoms with E-state index in [9.17, 15) is 5.11 Å². The van der Waals surface area contributed by atoms with E-state index in [-0.39, 0.29) is 0 Å². The molecule has 0 radical (unpaired) electrons. The molecule has 0 aliphatic carbocycles. The van der Waals surface area contributed by atoms with Gasteiger partial charge in [0.05, 0.1) is 6.10 Å². The largest absolute Gasteiger partial charge is 0.389 e. The second kappa shape index (κ2) is 6.79. The summed E-state index contributed by atoms with van der Waals surface area (Å²) in [7, 11) is 0. The van der Waals surface area contributed by atoms with Gasteiger partial charge in [-0.25, -0.2) is 0 Å². The molecule has 0 saturated heterocycles. The summed E-state index contributed by atoms with van der Waals surface area (Å²) in [4.78, 5) is 1.20. The zero-order valence-corrected chi connectivity index (χ0v) is 14.4. The molecule has 106 valence electrons. The number of rotatable bonds is 4. The molecule has 1 N–H and O–H groups in total. The minimum Gasteiger partial charge on any atom is -0.389 e. The first-order chi connectivity index (χ1) is 9.45. The molecular weight excluding hydrogens is 332 g/mol. The van der Waals surface area contributed by atoms with Gasteiger partial charge in [0.15, 0.2) is 0 Å². The molecule has 0 aliphatic rings. The molecule has 0 saturated carbocycles. The van der Waals surface area contributed by atoms with E-state index in [0.29, 0.717) is 0 Å². The van der Waals surface area contributed by atoms with Crippen molar-refractivity contribution in [2.75, 3.05) is 0 Å². The molecule has 2 rings (SSSR count). The number of benzene rings is 2. The van der Waals surface area contributed by atoms with Crippen LogP contribution in [0.3, 0.4) is 0 Å². The highest BCUT2D eigenvalue weighted by Crippen LogP contribution is 2.32. The van der Waals surface area contributed by atoms with E-state index in [1.165, 1.54) is 21.6 Å². The molecule has 0 fully saturated rings. The van der Waals surface area contributed by atoms with Crippen molar-refractivity contribution in [3.05, 3.63) is 63.1 Å². The van der Waals surface area contributed by atoms with E-state index >= 15 is 0 Å². The van der Waals surface area contributed by atoms with Gasteiger partial charge in [0, 0.05) is 15.1 Å². The summed E-state index contributed by atoms with van der Waals surface area (Å²) < 4.78 is 1.05. The summed E-state index contributed by atoms with van der Waals surface area (Å²) >= 11 is 5.40. The highest BCUT2D eigenvalue weighted by molar-refractivity contribution is 9.10. The first kappa shape index (κ1) is 15.6. The molecule has 0 spiro atoms. The summed E-state index contributed by atoms with van der Waals surface area (Å²) in [5.74, 6) is 0.954. The lowest BCUT2D eigenvalue weighted by Crippen LogP contribution is -1.91. The maximum Gasteiger partial charge on any atom is 0.0762 e. The fourth-order valence-electron chi connectivity index (χ4n) is 2.21. The number of thioether (sulfide) groups is 1. The second-order valence-corrected chi connectivity index (χ2v) is 7.02. The van der Waals surface area contributed by atoms with Gasteiger partial charge in [-0.05, 0) is 60.0 Å². The van der Waals surface area contributed by atoms with Crippen LogP contribution < -0.4 is 0 Å². The lowest BCUT2D eigenvalue weighted by atomic mass is 10.1. The number of halogens is 1. The average Bonchev–Trinajstić information content (AvgIpc) is 2.36. The lowest BCUT2D eigenvalue weighted by Gasteiger charge is -2.10. The van der Waals surface area contributed by atoms with Gasteiger partial charge >= 0.3 is 0 Å². The highest BCUT2D eigenvalue weighted by Gasteiger charge is 2.06. The van der Waals surface area contributed by atoms with Gasteiger partial charge in [0.2, 0.25) is 0 Å². The molecule has 20 heavy (non-hydrogen) atoms. The number of aliphatic hydroxyl groups is 1. The van der Waals surface area contributed by atoms with Crippen molar-refractivity contribution < 1.29 is 5.11 Å². The Kier molecular flexibility index (Phi) is 5.30. The first-order valence-corrected chi connectivity index (χ1v) is 8.41. The number of hydrogen-bond acceptors (Lipinski definition) is 2. The Bertz CT molecular complexity index is 588. The number of hydrogen-bond donors (Lipinski definition) is 1. The molecule has 3 heteroatoms. The Balaban J connectivity index is 2.11. The first-order valence-electron chi connectivity index (χ1n) is 6.63. The van der Waals surface area contributed by atoms with Crippen molar-refractivity contribution in [1.82, 2.24) is 0 Å². The van der Waals surface area contributed by atoms with Gasteiger partial charge in [-0.3, -0.25) is 0 Å². The normalized spacial score (nSPS) is 12.4. The summed E-state index contributed by atoms with van der Waals surface area (Å²) in [6.45, 7) is 6.05. The van der Waals surface area contributed by atoms with Crippen LogP contribution in [0.15, 0.2) is 45.8 Å². The van der Waals surface area contributed by atoms with Crippen LogP contribution in [0.4, 0.5) is 0 Å². The SMILES string of the molecule is Cc1cc(C)cc(CSc2ccc([C@@H](C)O)cc2Br)c1. The molecule has 0 heterocycles. The minimum absolute atomic E-state index is 0.426. The van der Waals surface area contributed by atoms with E-state index in [1.807, 2.05) is 23.9 Å². The zero-order chi connectivity index (χ0) is 14.7. The molecule has 0 bridgehead atoms. The average molecular weight is 351 g/mol. The maximum atomic E-state index is 9.58. The maximum absolute atomic E-state index is 9.58. The number of aryl methyl sites for hydroxylation is 2. The molecule has 2 aromatic rings. The third kappa shape index (κ3) is 4.11. The third-order valence-corrected chi connectivity index (χ3v) is 5.18. The standard InChI is InChI=1S/C17H19BrOS/c1-11-6-12(2)8-14(7-11)10-20-17-5-4-15(13(3)19)9-16(17)18/h4-9,13,19H,10H2,1-3H3/t13-/m1/s1. The van der Waals surface area contributed by atoms with E-state index < -0.39 is 6.10 Å². The lowest BCUT2D eigenvalue weighted by molar-refractivity contribution is 0.199. The van der Waals surface area contributed by atoms with Gasteiger partial charge in [0.1, 0.15) is 0 Å². The van der Waals surface area contributed by atoms with Crippen molar-refractivity contribution in [3.63, 3.8) is 0 Å². The summed E-state index contributed by atoms with van der Waals surface area (Å²) in [6, 6.07) is 12.7. The fraction of sp³-hybridized carbons (Fsp3) is 0.294. The van der Waals surface area contributed by atoms with E-state index in [2.05, 4.69) is 54.0 Å². The van der Waals surface area contributed by atoms with Gasteiger partial charge in [-0.1, -0.05) is 35.4 Å². The highest BCUT2D eigenvalue weighted by atomic mass is 79.9. The molecule has 0 aromatic heterocycles. The Hall–Kier alpha value is -0.770. The molecule has 2 aromatic carbocycles. The Morgan fingerprint density at radius 1 is 1.10 bits per heavy atom. The monoisotopic (exact) mass is 350 g/mol. The van der Waals surface area contributed by atoms with Crippen molar-refractivity contribution in [3.8, 4) is 0 Å². The van der Waals surface area contributed by atoms with Gasteiger partial charge in [-0.15, -0.1) is 11.8 Å². The van der Waals surface area contributed by atoms with Gasteiger partial charge in [0.25, 0.3) is 0 Å². The van der Waals surface area contributed by atoms with Crippen LogP contribution in [-0.4, -0.2) is 5.11 Å². The van der Waals surface area contributed by atoms with E-state index in [4.69, 9.17) is 0 Å².